The van der Waals surface area contributed by atoms with E-state index in [4.69, 9.17) is 9.84 Å². The molecular formula is C16H23N3O3. The predicted octanol–water partition coefficient (Wildman–Crippen LogP) is 0.576. The number of para-hydroxylation sites is 2. The summed E-state index contributed by atoms with van der Waals surface area (Å²) in [6.45, 7) is 2.92. The lowest BCUT2D eigenvalue weighted by Crippen LogP contribution is -2.61. The van der Waals surface area contributed by atoms with Crippen molar-refractivity contribution in [2.75, 3.05) is 49.7 Å². The first kappa shape index (κ1) is 15.3. The normalized spacial score (nSPS) is 19.9. The molecule has 6 nitrogen and oxygen atoms in total. The molecule has 2 aliphatic rings. The summed E-state index contributed by atoms with van der Waals surface area (Å²) in [6.07, 6.45) is 1.57. The van der Waals surface area contributed by atoms with E-state index >= 15 is 0 Å². The summed E-state index contributed by atoms with van der Waals surface area (Å²) < 4.78 is 5.35. The molecule has 120 valence electrons. The minimum atomic E-state index is -0.503. The van der Waals surface area contributed by atoms with Gasteiger partial charge in [-0.1, -0.05) is 12.1 Å². The van der Waals surface area contributed by atoms with Gasteiger partial charge < -0.3 is 25.4 Å². The van der Waals surface area contributed by atoms with Crippen molar-refractivity contribution >= 4 is 17.3 Å². The highest BCUT2D eigenvalue weighted by atomic mass is 16.5. The van der Waals surface area contributed by atoms with Crippen molar-refractivity contribution < 1.29 is 14.6 Å². The maximum atomic E-state index is 13.1. The molecule has 2 heterocycles. The number of anilines is 2. The Hall–Kier alpha value is -1.63. The number of fused-ring (bicyclic) bond motifs is 1. The number of nitrogens with zero attached hydrogens (tertiary/aromatic N) is 1. The van der Waals surface area contributed by atoms with Gasteiger partial charge in [0.25, 0.3) is 5.91 Å². The summed E-state index contributed by atoms with van der Waals surface area (Å²) in [5.41, 5.74) is 1.41. The number of ether oxygens (including phenoxy) is 1. The summed E-state index contributed by atoms with van der Waals surface area (Å²) in [4.78, 5) is 14.9. The average molecular weight is 305 g/mol. The number of hydrogen-bond donors (Lipinski definition) is 3. The van der Waals surface area contributed by atoms with E-state index in [0.29, 0.717) is 19.8 Å². The Bertz CT molecular complexity index is 529. The summed E-state index contributed by atoms with van der Waals surface area (Å²) >= 11 is 0. The summed E-state index contributed by atoms with van der Waals surface area (Å²) in [7, 11) is 0. The van der Waals surface area contributed by atoms with Crippen LogP contribution in [0.3, 0.4) is 0 Å². The van der Waals surface area contributed by atoms with Gasteiger partial charge in [0.15, 0.2) is 0 Å². The number of carbonyl (C=O) groups is 1. The Morgan fingerprint density at radius 2 is 2.00 bits per heavy atom. The van der Waals surface area contributed by atoms with Crippen LogP contribution in [0.5, 0.6) is 0 Å². The second-order valence-corrected chi connectivity index (χ2v) is 5.77. The van der Waals surface area contributed by atoms with Gasteiger partial charge in [-0.3, -0.25) is 4.79 Å². The zero-order valence-corrected chi connectivity index (χ0v) is 12.7. The topological polar surface area (TPSA) is 73.8 Å². The summed E-state index contributed by atoms with van der Waals surface area (Å²) in [5.74, 6) is 0.125. The molecule has 1 aromatic rings. The number of piperidine rings is 1. The highest BCUT2D eigenvalue weighted by Gasteiger charge is 2.46. The first-order valence-corrected chi connectivity index (χ1v) is 7.85. The molecule has 0 aromatic heterocycles. The van der Waals surface area contributed by atoms with Crippen molar-refractivity contribution in [2.24, 2.45) is 0 Å². The lowest BCUT2D eigenvalue weighted by molar-refractivity contribution is -0.124. The summed E-state index contributed by atoms with van der Waals surface area (Å²) in [6, 6.07) is 7.90. The first-order chi connectivity index (χ1) is 10.8. The molecule has 1 spiro atoms. The maximum Gasteiger partial charge on any atom is 0.252 e. The third kappa shape index (κ3) is 2.82. The summed E-state index contributed by atoms with van der Waals surface area (Å²) in [5, 5.41) is 15.6. The van der Waals surface area contributed by atoms with Gasteiger partial charge in [0, 0.05) is 6.54 Å². The number of nitrogens with one attached hydrogen (secondary N) is 2. The van der Waals surface area contributed by atoms with Gasteiger partial charge in [0.2, 0.25) is 0 Å². The highest BCUT2D eigenvalue weighted by molar-refractivity contribution is 6.08. The zero-order valence-electron chi connectivity index (χ0n) is 12.7. The van der Waals surface area contributed by atoms with Crippen LogP contribution >= 0.6 is 0 Å². The van der Waals surface area contributed by atoms with Gasteiger partial charge in [0.05, 0.1) is 31.2 Å². The number of benzene rings is 1. The zero-order chi connectivity index (χ0) is 15.4. The number of carbonyl (C=O) groups excluding carboxylic acids is 1. The third-order valence-corrected chi connectivity index (χ3v) is 4.38. The van der Waals surface area contributed by atoms with Crippen molar-refractivity contribution in [3.05, 3.63) is 24.3 Å². The van der Waals surface area contributed by atoms with Gasteiger partial charge in [-0.25, -0.2) is 0 Å². The molecule has 0 bridgehead atoms. The average Bonchev–Trinajstić information content (AvgIpc) is 2.55. The Kier molecular flexibility index (Phi) is 4.61. The van der Waals surface area contributed by atoms with Crippen LogP contribution in [0, 0.1) is 0 Å². The van der Waals surface area contributed by atoms with E-state index in [1.54, 1.807) is 0 Å². The van der Waals surface area contributed by atoms with Gasteiger partial charge >= 0.3 is 0 Å². The number of hydrogen-bond acceptors (Lipinski definition) is 5. The Morgan fingerprint density at radius 1 is 1.23 bits per heavy atom. The monoisotopic (exact) mass is 305 g/mol. The van der Waals surface area contributed by atoms with Crippen LogP contribution in [0.4, 0.5) is 11.4 Å². The van der Waals surface area contributed by atoms with Gasteiger partial charge in [-0.2, -0.15) is 0 Å². The number of aliphatic hydroxyl groups is 1. The minimum Gasteiger partial charge on any atom is -0.394 e. The van der Waals surface area contributed by atoms with Crippen LogP contribution in [0.25, 0.3) is 0 Å². The van der Waals surface area contributed by atoms with E-state index in [9.17, 15) is 4.79 Å². The van der Waals surface area contributed by atoms with Crippen LogP contribution in [0.15, 0.2) is 24.3 Å². The molecule has 1 saturated heterocycles. The van der Waals surface area contributed by atoms with Gasteiger partial charge in [-0.05, 0) is 38.1 Å². The third-order valence-electron chi connectivity index (χ3n) is 4.38. The highest BCUT2D eigenvalue weighted by Crippen LogP contribution is 2.38. The molecule has 2 aliphatic heterocycles. The van der Waals surface area contributed by atoms with E-state index < -0.39 is 5.54 Å². The SMILES string of the molecule is O=C1N(CCOCCO)c2ccccc2NC12CCNCC2. The number of amides is 1. The maximum absolute atomic E-state index is 13.1. The lowest BCUT2D eigenvalue weighted by atomic mass is 9.84. The fraction of sp³-hybridized carbons (Fsp3) is 0.562. The van der Waals surface area contributed by atoms with Crippen molar-refractivity contribution in [1.82, 2.24) is 5.32 Å². The number of aliphatic hydroxyl groups excluding tert-OH is 1. The molecule has 1 aromatic carbocycles. The molecule has 3 N–H and O–H groups in total. The van der Waals surface area contributed by atoms with E-state index in [-0.39, 0.29) is 12.5 Å². The predicted molar refractivity (Wildman–Crippen MR) is 85.2 cm³/mol. The fourth-order valence-electron chi connectivity index (χ4n) is 3.23. The van der Waals surface area contributed by atoms with E-state index in [1.807, 2.05) is 29.2 Å². The Morgan fingerprint density at radius 3 is 2.77 bits per heavy atom. The van der Waals surface area contributed by atoms with Crippen LogP contribution in [-0.4, -0.2) is 56.0 Å². The molecule has 6 heteroatoms. The fourth-order valence-corrected chi connectivity index (χ4v) is 3.23. The van der Waals surface area contributed by atoms with Crippen molar-refractivity contribution in [1.29, 1.82) is 0 Å². The molecule has 22 heavy (non-hydrogen) atoms. The molecule has 0 saturated carbocycles. The standard InChI is InChI=1S/C16H23N3O3/c20-10-12-22-11-9-19-14-4-2-1-3-13(14)18-16(15(19)21)5-7-17-8-6-16/h1-4,17-18,20H,5-12H2. The molecule has 3 rings (SSSR count). The van der Waals surface area contributed by atoms with E-state index in [0.717, 1.165) is 37.3 Å². The van der Waals surface area contributed by atoms with Gasteiger partial charge in [-0.15, -0.1) is 0 Å². The van der Waals surface area contributed by atoms with Crippen LogP contribution in [0.1, 0.15) is 12.8 Å². The minimum absolute atomic E-state index is 0.00168. The van der Waals surface area contributed by atoms with E-state index in [1.165, 1.54) is 0 Å². The van der Waals surface area contributed by atoms with E-state index in [2.05, 4.69) is 10.6 Å². The van der Waals surface area contributed by atoms with Crippen molar-refractivity contribution in [3.63, 3.8) is 0 Å². The van der Waals surface area contributed by atoms with Crippen LogP contribution < -0.4 is 15.5 Å². The lowest BCUT2D eigenvalue weighted by Gasteiger charge is -2.45. The molecule has 0 aliphatic carbocycles. The second-order valence-electron chi connectivity index (χ2n) is 5.77. The van der Waals surface area contributed by atoms with Crippen molar-refractivity contribution in [2.45, 2.75) is 18.4 Å². The molecule has 1 amide bonds. The van der Waals surface area contributed by atoms with Crippen LogP contribution in [0.2, 0.25) is 0 Å². The number of rotatable bonds is 5. The molecule has 0 unspecified atom stereocenters. The van der Waals surface area contributed by atoms with Crippen molar-refractivity contribution in [3.8, 4) is 0 Å². The molecule has 0 atom stereocenters. The molecular weight excluding hydrogens is 282 g/mol. The van der Waals surface area contributed by atoms with Gasteiger partial charge in [0.1, 0.15) is 5.54 Å². The first-order valence-electron chi connectivity index (χ1n) is 7.85. The quantitative estimate of drug-likeness (QED) is 0.694. The Balaban J connectivity index is 1.83. The molecule has 1 fully saturated rings. The van der Waals surface area contributed by atoms with Crippen LogP contribution in [-0.2, 0) is 9.53 Å². The Labute approximate surface area is 130 Å². The smallest absolute Gasteiger partial charge is 0.252 e. The largest absolute Gasteiger partial charge is 0.394 e. The molecule has 0 radical (unpaired) electrons. The second kappa shape index (κ2) is 6.64.